The summed E-state index contributed by atoms with van der Waals surface area (Å²) < 4.78 is 16.0. The zero-order chi connectivity index (χ0) is 21.0. The molecular weight excluding hydrogens is 389 g/mol. The number of aliphatic hydroxyl groups excluding tert-OH is 1. The Morgan fingerprint density at radius 1 is 1.17 bits per heavy atom. The molecule has 4 aliphatic rings. The maximum absolute atomic E-state index is 16.0. The lowest BCUT2D eigenvalue weighted by atomic mass is 9.81. The van der Waals surface area contributed by atoms with E-state index in [0.29, 0.717) is 24.0 Å². The largest absolute Gasteiger partial charge is 0.391 e. The van der Waals surface area contributed by atoms with Crippen molar-refractivity contribution in [2.45, 2.75) is 68.9 Å². The fourth-order valence-corrected chi connectivity index (χ4v) is 5.30. The molecule has 0 aromatic heterocycles. The van der Waals surface area contributed by atoms with Crippen LogP contribution in [0.1, 0.15) is 60.0 Å². The monoisotopic (exact) mass is 415 g/mol. The number of carbonyl (C=O) groups excluding carboxylic acids is 3. The number of fused-ring (bicyclic) bond motifs is 1. The summed E-state index contributed by atoms with van der Waals surface area (Å²) in [5.41, 5.74) is 0.250. The number of rotatable bonds is 3. The lowest BCUT2D eigenvalue weighted by molar-refractivity contribution is -0.136. The van der Waals surface area contributed by atoms with Gasteiger partial charge in [-0.15, -0.1) is 0 Å². The fraction of sp³-hybridized carbons (Fsp3) is 0.591. The number of amides is 3. The van der Waals surface area contributed by atoms with Gasteiger partial charge in [-0.1, -0.05) is 6.07 Å². The van der Waals surface area contributed by atoms with E-state index in [1.54, 1.807) is 18.2 Å². The number of aliphatic hydroxyl groups is 1. The topological polar surface area (TPSA) is 90.0 Å². The smallest absolute Gasteiger partial charge is 0.255 e. The number of nitrogens with zero attached hydrogens (tertiary/aromatic N) is 2. The second-order valence-electron chi connectivity index (χ2n) is 9.02. The Morgan fingerprint density at radius 3 is 2.70 bits per heavy atom. The molecule has 30 heavy (non-hydrogen) atoms. The van der Waals surface area contributed by atoms with Crippen molar-refractivity contribution in [3.63, 3.8) is 0 Å². The van der Waals surface area contributed by atoms with Crippen molar-refractivity contribution in [2.24, 2.45) is 0 Å². The normalized spacial score (nSPS) is 34.5. The Labute approximate surface area is 174 Å². The number of nitrogens with one attached hydrogen (secondary N) is 1. The molecule has 3 fully saturated rings. The van der Waals surface area contributed by atoms with Crippen molar-refractivity contribution < 1.29 is 23.9 Å². The van der Waals surface area contributed by atoms with Gasteiger partial charge < -0.3 is 10.0 Å². The summed E-state index contributed by atoms with van der Waals surface area (Å²) in [5, 5.41) is 12.3. The minimum absolute atomic E-state index is 0.0412. The average Bonchev–Trinajstić information content (AvgIpc) is 3.03. The number of alkyl halides is 1. The third-order valence-electron chi connectivity index (χ3n) is 7.18. The molecule has 1 saturated carbocycles. The first kappa shape index (κ1) is 19.6. The van der Waals surface area contributed by atoms with E-state index in [2.05, 4.69) is 10.2 Å². The lowest BCUT2D eigenvalue weighted by Gasteiger charge is -2.47. The first-order chi connectivity index (χ1) is 14.4. The molecule has 0 radical (unpaired) electrons. The maximum Gasteiger partial charge on any atom is 0.255 e. The van der Waals surface area contributed by atoms with Crippen LogP contribution in [0, 0.1) is 0 Å². The van der Waals surface area contributed by atoms with Gasteiger partial charge in [0.1, 0.15) is 11.7 Å². The average molecular weight is 415 g/mol. The van der Waals surface area contributed by atoms with Gasteiger partial charge >= 0.3 is 0 Å². The van der Waals surface area contributed by atoms with Crippen molar-refractivity contribution in [3.05, 3.63) is 34.9 Å². The van der Waals surface area contributed by atoms with E-state index < -0.39 is 17.6 Å². The van der Waals surface area contributed by atoms with Crippen LogP contribution in [0.4, 0.5) is 4.39 Å². The number of imide groups is 1. The van der Waals surface area contributed by atoms with E-state index in [1.165, 1.54) is 4.90 Å². The highest BCUT2D eigenvalue weighted by atomic mass is 19.1. The number of piperidine rings is 2. The molecule has 7 nitrogen and oxygen atoms in total. The number of hydrogen-bond acceptors (Lipinski definition) is 5. The molecule has 3 aliphatic heterocycles. The molecule has 0 bridgehead atoms. The van der Waals surface area contributed by atoms with Gasteiger partial charge in [-0.05, 0) is 61.9 Å². The molecule has 1 aromatic carbocycles. The number of likely N-dealkylation sites (tertiary alicyclic amines) is 1. The standard InChI is InChI=1S/C22H26FN3O4/c23-22(8-1-9-25(12-22)16-4-6-18(16)27)14-2-3-15-13(10-14)11-26(21(15)30)17-5-7-19(28)24-20(17)29/h2-3,10,16-18,27H,1,4-9,11-12H2,(H,24,28,29). The van der Waals surface area contributed by atoms with Crippen LogP contribution in [0.3, 0.4) is 0 Å². The highest BCUT2D eigenvalue weighted by molar-refractivity contribution is 6.05. The molecule has 8 heteroatoms. The minimum atomic E-state index is -1.52. The van der Waals surface area contributed by atoms with Crippen molar-refractivity contribution in [1.82, 2.24) is 15.1 Å². The first-order valence-corrected chi connectivity index (χ1v) is 10.7. The summed E-state index contributed by atoms with van der Waals surface area (Å²) in [6, 6.07) is 4.48. The Kier molecular flexibility index (Phi) is 4.67. The van der Waals surface area contributed by atoms with Crippen LogP contribution in [0.25, 0.3) is 0 Å². The molecule has 3 heterocycles. The summed E-state index contributed by atoms with van der Waals surface area (Å²) in [4.78, 5) is 40.0. The third kappa shape index (κ3) is 3.13. The first-order valence-electron chi connectivity index (χ1n) is 10.7. The highest BCUT2D eigenvalue weighted by Gasteiger charge is 2.45. The Hall–Kier alpha value is -2.32. The van der Waals surface area contributed by atoms with Crippen molar-refractivity contribution in [2.75, 3.05) is 13.1 Å². The second kappa shape index (κ2) is 7.13. The van der Waals surface area contributed by atoms with Crippen LogP contribution in [-0.4, -0.2) is 63.9 Å². The van der Waals surface area contributed by atoms with Crippen LogP contribution in [0.5, 0.6) is 0 Å². The number of benzene rings is 1. The highest BCUT2D eigenvalue weighted by Crippen LogP contribution is 2.40. The second-order valence-corrected chi connectivity index (χ2v) is 9.02. The third-order valence-corrected chi connectivity index (χ3v) is 7.18. The van der Waals surface area contributed by atoms with Crippen molar-refractivity contribution in [3.8, 4) is 0 Å². The van der Waals surface area contributed by atoms with Crippen molar-refractivity contribution >= 4 is 17.7 Å². The van der Waals surface area contributed by atoms with Crippen LogP contribution in [0.15, 0.2) is 18.2 Å². The predicted octanol–water partition coefficient (Wildman–Crippen LogP) is 1.23. The summed E-state index contributed by atoms with van der Waals surface area (Å²) in [5.74, 6) is -1.01. The molecule has 160 valence electrons. The van der Waals surface area contributed by atoms with Gasteiger partial charge in [-0.3, -0.25) is 24.6 Å². The van der Waals surface area contributed by atoms with Crippen molar-refractivity contribution in [1.29, 1.82) is 0 Å². The molecule has 5 rings (SSSR count). The van der Waals surface area contributed by atoms with Crippen LogP contribution in [0.2, 0.25) is 0 Å². The summed E-state index contributed by atoms with van der Waals surface area (Å²) >= 11 is 0. The Bertz CT molecular complexity index is 922. The van der Waals surface area contributed by atoms with E-state index in [4.69, 9.17) is 0 Å². The van der Waals surface area contributed by atoms with E-state index in [-0.39, 0.29) is 43.5 Å². The molecular formula is C22H26FN3O4. The maximum atomic E-state index is 16.0. The van der Waals surface area contributed by atoms with Gasteiger partial charge in [0.25, 0.3) is 5.91 Å². The predicted molar refractivity (Wildman–Crippen MR) is 105 cm³/mol. The van der Waals surface area contributed by atoms with Gasteiger partial charge in [-0.25, -0.2) is 4.39 Å². The number of halogens is 1. The fourth-order valence-electron chi connectivity index (χ4n) is 5.30. The van der Waals surface area contributed by atoms with Crippen LogP contribution in [-0.2, 0) is 21.8 Å². The van der Waals surface area contributed by atoms with E-state index in [0.717, 1.165) is 31.4 Å². The van der Waals surface area contributed by atoms with Crippen LogP contribution >= 0.6 is 0 Å². The minimum Gasteiger partial charge on any atom is -0.391 e. The van der Waals surface area contributed by atoms with Gasteiger partial charge in [0, 0.05) is 31.1 Å². The van der Waals surface area contributed by atoms with Gasteiger partial charge in [0.05, 0.1) is 6.10 Å². The quantitative estimate of drug-likeness (QED) is 0.725. The molecule has 4 unspecified atom stereocenters. The molecule has 1 aromatic rings. The lowest BCUT2D eigenvalue weighted by Crippen LogP contribution is -2.56. The molecule has 1 aliphatic carbocycles. The van der Waals surface area contributed by atoms with Gasteiger partial charge in [0.2, 0.25) is 11.8 Å². The SMILES string of the molecule is O=C1CCC(N2Cc3cc(C4(F)CCCN(C5CCC5O)C4)ccc3C2=O)C(=O)N1. The number of carbonyl (C=O) groups is 3. The molecule has 2 N–H and O–H groups in total. The molecule has 0 spiro atoms. The zero-order valence-corrected chi connectivity index (χ0v) is 16.8. The van der Waals surface area contributed by atoms with E-state index in [1.807, 2.05) is 0 Å². The Morgan fingerprint density at radius 2 is 2.00 bits per heavy atom. The van der Waals surface area contributed by atoms with Crippen LogP contribution < -0.4 is 5.32 Å². The van der Waals surface area contributed by atoms with Gasteiger partial charge in [-0.2, -0.15) is 0 Å². The summed E-state index contributed by atoms with van der Waals surface area (Å²) in [6.45, 7) is 1.29. The van der Waals surface area contributed by atoms with E-state index in [9.17, 15) is 19.5 Å². The summed E-state index contributed by atoms with van der Waals surface area (Å²) in [7, 11) is 0. The summed E-state index contributed by atoms with van der Waals surface area (Å²) in [6.07, 6.45) is 2.95. The van der Waals surface area contributed by atoms with Gasteiger partial charge in [0.15, 0.2) is 0 Å². The number of hydrogen-bond donors (Lipinski definition) is 2. The Balaban J connectivity index is 1.36. The molecule has 2 saturated heterocycles. The zero-order valence-electron chi connectivity index (χ0n) is 16.8. The molecule has 4 atom stereocenters. The molecule has 3 amide bonds. The van der Waals surface area contributed by atoms with E-state index >= 15 is 4.39 Å².